The van der Waals surface area contributed by atoms with E-state index < -0.39 is 84.6 Å². The molecule has 4 N–H and O–H groups in total. The summed E-state index contributed by atoms with van der Waals surface area (Å²) in [5.41, 5.74) is 6.53. The zero-order valence-corrected chi connectivity index (χ0v) is 28.5. The summed E-state index contributed by atoms with van der Waals surface area (Å²) < 4.78 is 96.3. The van der Waals surface area contributed by atoms with Gasteiger partial charge in [-0.3, -0.25) is 14.7 Å². The summed E-state index contributed by atoms with van der Waals surface area (Å²) in [6.45, 7) is 2.50. The topological polar surface area (TPSA) is 145 Å². The van der Waals surface area contributed by atoms with E-state index in [1.165, 1.54) is 59.6 Å². The van der Waals surface area contributed by atoms with Crippen molar-refractivity contribution >= 4 is 23.8 Å². The Bertz CT molecular complexity index is 1640. The highest BCUT2D eigenvalue weighted by atomic mass is 19.4. The number of alkyl carbamates (subject to hydrolysis) is 1. The Morgan fingerprint density at radius 3 is 2.13 bits per heavy atom. The van der Waals surface area contributed by atoms with Crippen LogP contribution in [-0.4, -0.2) is 84.2 Å². The van der Waals surface area contributed by atoms with Crippen LogP contribution in [0.25, 0.3) is 0 Å². The van der Waals surface area contributed by atoms with E-state index in [2.05, 4.69) is 10.3 Å². The Labute approximate surface area is 295 Å². The molecule has 2 heterocycles. The molecule has 3 atom stereocenters. The maximum Gasteiger partial charge on any atom is 0.410 e. The normalized spacial score (nSPS) is 17.0. The van der Waals surface area contributed by atoms with Crippen LogP contribution in [0.4, 0.5) is 41.6 Å². The molecule has 52 heavy (non-hydrogen) atoms. The molecular formula is C35H39F6N5O6. The number of morpholine rings is 1. The number of hydrogen-bond acceptors (Lipinski definition) is 8. The number of benzene rings is 2. The van der Waals surface area contributed by atoms with Crippen molar-refractivity contribution in [1.29, 1.82) is 0 Å². The number of halogens is 6. The molecule has 11 nitrogen and oxygen atoms in total. The quantitative estimate of drug-likeness (QED) is 0.209. The molecule has 1 fully saturated rings. The van der Waals surface area contributed by atoms with Gasteiger partial charge in [-0.05, 0) is 69.0 Å². The van der Waals surface area contributed by atoms with Crippen molar-refractivity contribution in [2.24, 2.45) is 5.73 Å². The van der Waals surface area contributed by atoms with Gasteiger partial charge >= 0.3 is 18.4 Å². The molecule has 282 valence electrons. The number of ether oxygens (including phenoxy) is 3. The average Bonchev–Trinajstić information content (AvgIpc) is 3.07. The van der Waals surface area contributed by atoms with Crippen LogP contribution in [0, 0.1) is 17.5 Å². The first-order chi connectivity index (χ1) is 24.4. The summed E-state index contributed by atoms with van der Waals surface area (Å²) in [7, 11) is 0. The summed E-state index contributed by atoms with van der Waals surface area (Å²) in [5.74, 6) is -3.35. The van der Waals surface area contributed by atoms with Crippen LogP contribution in [0.5, 0.6) is 0 Å². The highest BCUT2D eigenvalue weighted by Crippen LogP contribution is 2.30. The molecule has 3 unspecified atom stereocenters. The smallest absolute Gasteiger partial charge is 0.410 e. The summed E-state index contributed by atoms with van der Waals surface area (Å²) in [4.78, 5) is 43.6. The van der Waals surface area contributed by atoms with Gasteiger partial charge in [0.25, 0.3) is 0 Å². The molecule has 1 aromatic heterocycles. The molecule has 0 bridgehead atoms. The third-order valence-corrected chi connectivity index (χ3v) is 7.93. The fourth-order valence-corrected chi connectivity index (χ4v) is 5.45. The van der Waals surface area contributed by atoms with Gasteiger partial charge in [-0.1, -0.05) is 24.3 Å². The first-order valence-electron chi connectivity index (χ1n) is 16.2. The molecule has 0 radical (unpaired) electrons. The highest BCUT2D eigenvalue weighted by Gasteiger charge is 2.37. The fourth-order valence-electron chi connectivity index (χ4n) is 5.45. The van der Waals surface area contributed by atoms with E-state index in [4.69, 9.17) is 19.9 Å². The molecular weight excluding hydrogens is 700 g/mol. The van der Waals surface area contributed by atoms with E-state index in [1.807, 2.05) is 0 Å². The van der Waals surface area contributed by atoms with Crippen molar-refractivity contribution in [3.05, 3.63) is 95.1 Å². The van der Waals surface area contributed by atoms with Crippen LogP contribution in [0.2, 0.25) is 0 Å². The first kappa shape index (κ1) is 39.9. The number of aromatic nitrogens is 1. The Morgan fingerprint density at radius 1 is 0.981 bits per heavy atom. The third kappa shape index (κ3) is 11.6. The second kappa shape index (κ2) is 17.1. The number of carbonyl (C=O) groups excluding carboxylic acids is 3. The number of nitrogens with zero attached hydrogens (tertiary/aromatic N) is 2. The van der Waals surface area contributed by atoms with Gasteiger partial charge < -0.3 is 30.6 Å². The average molecular weight is 740 g/mol. The number of nitrogens with one attached hydrogen (secondary N) is 2. The number of rotatable bonds is 11. The monoisotopic (exact) mass is 739 g/mol. The van der Waals surface area contributed by atoms with E-state index in [1.54, 1.807) is 26.1 Å². The molecule has 2 aromatic carbocycles. The van der Waals surface area contributed by atoms with E-state index in [0.717, 1.165) is 6.20 Å². The lowest BCUT2D eigenvalue weighted by Crippen LogP contribution is -2.55. The highest BCUT2D eigenvalue weighted by molar-refractivity contribution is 5.96. The molecule has 17 heteroatoms. The summed E-state index contributed by atoms with van der Waals surface area (Å²) >= 11 is 0. The van der Waals surface area contributed by atoms with Crippen LogP contribution in [-0.2, 0) is 25.4 Å². The minimum Gasteiger partial charge on any atom is -0.447 e. The van der Waals surface area contributed by atoms with Crippen LogP contribution < -0.4 is 16.4 Å². The second-order valence-corrected chi connectivity index (χ2v) is 13.1. The van der Waals surface area contributed by atoms with Crippen LogP contribution >= 0.6 is 0 Å². The van der Waals surface area contributed by atoms with Crippen molar-refractivity contribution in [1.82, 2.24) is 15.2 Å². The number of pyridine rings is 1. The lowest BCUT2D eigenvalue weighted by Gasteiger charge is -2.39. The zero-order chi connectivity index (χ0) is 38.2. The minimum atomic E-state index is -4.65. The predicted molar refractivity (Wildman–Crippen MR) is 176 cm³/mol. The van der Waals surface area contributed by atoms with Gasteiger partial charge in [0.15, 0.2) is 0 Å². The van der Waals surface area contributed by atoms with E-state index >= 15 is 4.39 Å². The van der Waals surface area contributed by atoms with E-state index in [9.17, 15) is 36.3 Å². The number of anilines is 1. The third-order valence-electron chi connectivity index (χ3n) is 7.93. The van der Waals surface area contributed by atoms with Gasteiger partial charge in [-0.2, -0.15) is 13.2 Å². The van der Waals surface area contributed by atoms with Crippen molar-refractivity contribution < 1.29 is 54.9 Å². The fraction of sp³-hybridized carbons (Fsp3) is 0.429. The Morgan fingerprint density at radius 2 is 1.58 bits per heavy atom. The molecule has 1 aliphatic rings. The Balaban J connectivity index is 1.46. The molecule has 4 rings (SSSR count). The molecule has 0 aliphatic carbocycles. The molecule has 3 aromatic rings. The number of nitrogens with two attached hydrogens (primary N) is 1. The van der Waals surface area contributed by atoms with Gasteiger partial charge in [-0.15, -0.1) is 0 Å². The first-order valence-corrected chi connectivity index (χ1v) is 16.2. The molecule has 1 aliphatic heterocycles. The molecule has 0 saturated carbocycles. The summed E-state index contributed by atoms with van der Waals surface area (Å²) in [6, 6.07) is 8.41. The second-order valence-electron chi connectivity index (χ2n) is 13.1. The lowest BCUT2D eigenvalue weighted by molar-refractivity contribution is -0.124. The van der Waals surface area contributed by atoms with Gasteiger partial charge in [0.1, 0.15) is 36.2 Å². The van der Waals surface area contributed by atoms with Crippen molar-refractivity contribution in [3.8, 4) is 0 Å². The van der Waals surface area contributed by atoms with Crippen molar-refractivity contribution in [2.45, 2.75) is 69.5 Å². The molecule has 0 spiro atoms. The summed E-state index contributed by atoms with van der Waals surface area (Å²) in [5, 5.41) is 4.21. The SMILES string of the molecule is CC(C)(C)OC(=O)N1CC(CCc2c(F)cncc2NC(=O)C(N)C(c2ccc(F)cc2)c2ccc(F)cc2)OCC1COC(=O)NCC(F)(F)F. The van der Waals surface area contributed by atoms with E-state index in [0.29, 0.717) is 11.1 Å². The Kier molecular flexibility index (Phi) is 13.1. The van der Waals surface area contributed by atoms with Crippen LogP contribution in [0.1, 0.15) is 49.8 Å². The maximum atomic E-state index is 15.2. The molecule has 1 saturated heterocycles. The standard InChI is InChI=1S/C35H39F6N5O6/c1-34(2,3)52-33(49)46-16-25(50-17-24(46)18-51-32(48)44-19-35(39,40)41)12-13-26-27(38)14-43-15-28(26)45-31(47)30(42)29(20-4-8-22(36)9-5-20)21-6-10-23(37)11-7-21/h4-11,14-15,24-25,29-30H,12-13,16-19,42H2,1-3H3,(H,44,48)(H,45,47). The van der Waals surface area contributed by atoms with Crippen LogP contribution in [0.3, 0.4) is 0 Å². The minimum absolute atomic E-state index is 0.00775. The van der Waals surface area contributed by atoms with Crippen LogP contribution in [0.15, 0.2) is 60.9 Å². The lowest BCUT2D eigenvalue weighted by atomic mass is 9.85. The number of amides is 3. The number of hydrogen-bond donors (Lipinski definition) is 3. The largest absolute Gasteiger partial charge is 0.447 e. The van der Waals surface area contributed by atoms with Gasteiger partial charge in [0.05, 0.1) is 49.4 Å². The number of carbonyl (C=O) groups is 3. The van der Waals surface area contributed by atoms with E-state index in [-0.39, 0.29) is 37.2 Å². The molecule has 3 amide bonds. The number of alkyl halides is 3. The summed E-state index contributed by atoms with van der Waals surface area (Å²) in [6.07, 6.45) is -5.21. The zero-order valence-electron chi connectivity index (χ0n) is 28.5. The van der Waals surface area contributed by atoms with Gasteiger partial charge in [-0.25, -0.2) is 22.8 Å². The predicted octanol–water partition coefficient (Wildman–Crippen LogP) is 5.82. The van der Waals surface area contributed by atoms with Crippen molar-refractivity contribution in [3.63, 3.8) is 0 Å². The Hall–Kier alpha value is -4.90. The maximum absolute atomic E-state index is 15.2. The van der Waals surface area contributed by atoms with Crippen molar-refractivity contribution in [2.75, 3.05) is 31.6 Å². The van der Waals surface area contributed by atoms with Gasteiger partial charge in [0, 0.05) is 11.5 Å². The van der Waals surface area contributed by atoms with Gasteiger partial charge in [0.2, 0.25) is 5.91 Å².